The van der Waals surface area contributed by atoms with Gasteiger partial charge in [0.25, 0.3) is 5.91 Å². The summed E-state index contributed by atoms with van der Waals surface area (Å²) < 4.78 is 67.5. The zero-order chi connectivity index (χ0) is 21.2. The van der Waals surface area contributed by atoms with E-state index in [0.717, 1.165) is 25.3 Å². The van der Waals surface area contributed by atoms with Gasteiger partial charge in [-0.05, 0) is 46.6 Å². The number of carbonyl (C=O) groups excluding carboxylic acids is 2. The Morgan fingerprint density at radius 2 is 1.82 bits per heavy atom. The number of halogens is 6. The van der Waals surface area contributed by atoms with Crippen LogP contribution in [0.4, 0.5) is 27.6 Å². The van der Waals surface area contributed by atoms with E-state index >= 15 is 0 Å². The molecular formula is C17H13BrF5N3O2. The van der Waals surface area contributed by atoms with Crippen molar-refractivity contribution in [3.63, 3.8) is 0 Å². The molecule has 2 aromatic rings. The summed E-state index contributed by atoms with van der Waals surface area (Å²) in [5.41, 5.74) is -2.87. The number of anilines is 1. The second kappa shape index (κ2) is 8.21. The van der Waals surface area contributed by atoms with Crippen LogP contribution in [0, 0.1) is 11.8 Å². The molecule has 11 heteroatoms. The summed E-state index contributed by atoms with van der Waals surface area (Å²) in [6, 6.07) is 1.56. The van der Waals surface area contributed by atoms with E-state index in [1.807, 2.05) is 5.32 Å². The molecule has 1 atom stereocenters. The maximum Gasteiger partial charge on any atom is 0.419 e. The van der Waals surface area contributed by atoms with Crippen LogP contribution in [0.15, 0.2) is 28.9 Å². The lowest BCUT2D eigenvalue weighted by atomic mass is 10.0. The summed E-state index contributed by atoms with van der Waals surface area (Å²) in [5, 5.41) is 4.30. The molecule has 2 rings (SSSR count). The van der Waals surface area contributed by atoms with Gasteiger partial charge >= 0.3 is 6.18 Å². The highest BCUT2D eigenvalue weighted by atomic mass is 79.9. The van der Waals surface area contributed by atoms with Gasteiger partial charge in [0.1, 0.15) is 0 Å². The first kappa shape index (κ1) is 21.7. The molecule has 0 saturated heterocycles. The Labute approximate surface area is 164 Å². The van der Waals surface area contributed by atoms with Crippen molar-refractivity contribution in [2.75, 3.05) is 5.32 Å². The molecule has 2 amide bonds. The van der Waals surface area contributed by atoms with Crippen molar-refractivity contribution in [1.82, 2.24) is 10.3 Å². The predicted octanol–water partition coefficient (Wildman–Crippen LogP) is 4.59. The smallest absolute Gasteiger partial charge is 0.345 e. The molecule has 0 unspecified atom stereocenters. The van der Waals surface area contributed by atoms with Gasteiger partial charge in [-0.2, -0.15) is 17.6 Å². The second-order valence-electron chi connectivity index (χ2n) is 5.80. The SMILES string of the molecule is CC(=O)Nc1cc([C@@H](C)NC(=O)c2cc(Br)cnc2F)cc(C(F)(F)F)c1F. The minimum absolute atomic E-state index is 0.144. The lowest BCUT2D eigenvalue weighted by molar-refractivity contribution is -0.140. The fourth-order valence-corrected chi connectivity index (χ4v) is 2.65. The van der Waals surface area contributed by atoms with Crippen LogP contribution in [0.5, 0.6) is 0 Å². The van der Waals surface area contributed by atoms with Gasteiger partial charge in [0.2, 0.25) is 11.9 Å². The normalized spacial score (nSPS) is 12.4. The first-order valence-electron chi connectivity index (χ1n) is 7.70. The molecule has 2 N–H and O–H groups in total. The van der Waals surface area contributed by atoms with E-state index in [9.17, 15) is 31.5 Å². The minimum Gasteiger partial charge on any atom is -0.345 e. The molecule has 150 valence electrons. The van der Waals surface area contributed by atoms with E-state index < -0.39 is 52.6 Å². The van der Waals surface area contributed by atoms with Crippen molar-refractivity contribution in [2.45, 2.75) is 26.1 Å². The average molecular weight is 466 g/mol. The Hall–Kier alpha value is -2.56. The van der Waals surface area contributed by atoms with Crippen molar-refractivity contribution in [3.8, 4) is 0 Å². The number of nitrogens with zero attached hydrogens (tertiary/aromatic N) is 1. The number of alkyl halides is 3. The third-order valence-electron chi connectivity index (χ3n) is 3.61. The van der Waals surface area contributed by atoms with Crippen LogP contribution in [0.2, 0.25) is 0 Å². The topological polar surface area (TPSA) is 71.1 Å². The number of amides is 2. The van der Waals surface area contributed by atoms with E-state index in [1.165, 1.54) is 6.92 Å². The summed E-state index contributed by atoms with van der Waals surface area (Å²) >= 11 is 3.03. The molecule has 0 aliphatic heterocycles. The van der Waals surface area contributed by atoms with Crippen molar-refractivity contribution in [2.24, 2.45) is 0 Å². The largest absolute Gasteiger partial charge is 0.419 e. The van der Waals surface area contributed by atoms with Gasteiger partial charge in [0.05, 0.1) is 22.9 Å². The number of nitrogens with one attached hydrogen (secondary N) is 2. The molecule has 0 aliphatic carbocycles. The van der Waals surface area contributed by atoms with Gasteiger partial charge in [-0.25, -0.2) is 9.37 Å². The summed E-state index contributed by atoms with van der Waals surface area (Å²) in [7, 11) is 0. The Kier molecular flexibility index (Phi) is 6.37. The summed E-state index contributed by atoms with van der Waals surface area (Å²) in [6.45, 7) is 2.33. The van der Waals surface area contributed by atoms with E-state index in [0.29, 0.717) is 10.5 Å². The summed E-state index contributed by atoms with van der Waals surface area (Å²) in [6.07, 6.45) is -3.90. The zero-order valence-electron chi connectivity index (χ0n) is 14.4. The highest BCUT2D eigenvalue weighted by Crippen LogP contribution is 2.36. The number of benzene rings is 1. The molecule has 1 aromatic heterocycles. The van der Waals surface area contributed by atoms with Crippen LogP contribution < -0.4 is 10.6 Å². The third kappa shape index (κ3) is 5.03. The van der Waals surface area contributed by atoms with Gasteiger partial charge in [0.15, 0.2) is 5.82 Å². The third-order valence-corrected chi connectivity index (χ3v) is 4.04. The van der Waals surface area contributed by atoms with Crippen LogP contribution >= 0.6 is 15.9 Å². The monoisotopic (exact) mass is 465 g/mol. The Morgan fingerprint density at radius 3 is 2.39 bits per heavy atom. The molecule has 0 saturated carbocycles. The van der Waals surface area contributed by atoms with Crippen LogP contribution in [-0.4, -0.2) is 16.8 Å². The summed E-state index contributed by atoms with van der Waals surface area (Å²) in [4.78, 5) is 26.8. The van der Waals surface area contributed by atoms with Crippen molar-refractivity contribution in [1.29, 1.82) is 0 Å². The number of rotatable bonds is 4. The molecule has 0 radical (unpaired) electrons. The number of carbonyl (C=O) groups is 2. The molecule has 0 spiro atoms. The lowest BCUT2D eigenvalue weighted by Gasteiger charge is -2.19. The molecule has 1 heterocycles. The van der Waals surface area contributed by atoms with Crippen LogP contribution in [0.1, 0.15) is 41.4 Å². The van der Waals surface area contributed by atoms with Gasteiger partial charge in [0, 0.05) is 17.6 Å². The van der Waals surface area contributed by atoms with Gasteiger partial charge in [-0.15, -0.1) is 0 Å². The number of hydrogen-bond donors (Lipinski definition) is 2. The van der Waals surface area contributed by atoms with E-state index in [1.54, 1.807) is 0 Å². The zero-order valence-corrected chi connectivity index (χ0v) is 16.0. The maximum absolute atomic E-state index is 14.1. The van der Waals surface area contributed by atoms with Gasteiger partial charge in [-0.1, -0.05) is 0 Å². The molecule has 1 aromatic carbocycles. The van der Waals surface area contributed by atoms with Crippen LogP contribution in [0.3, 0.4) is 0 Å². The first-order valence-corrected chi connectivity index (χ1v) is 8.49. The van der Waals surface area contributed by atoms with Gasteiger partial charge in [-0.3, -0.25) is 9.59 Å². The van der Waals surface area contributed by atoms with Crippen LogP contribution in [-0.2, 0) is 11.0 Å². The van der Waals surface area contributed by atoms with Crippen LogP contribution in [0.25, 0.3) is 0 Å². The Bertz CT molecular complexity index is 934. The van der Waals surface area contributed by atoms with E-state index in [2.05, 4.69) is 26.2 Å². The molecule has 28 heavy (non-hydrogen) atoms. The number of aromatic nitrogens is 1. The standard InChI is InChI=1S/C17H13BrF5N3O2/c1-7(25-16(28)11-5-10(18)6-24-15(11)20)9-3-12(17(21,22)23)14(19)13(4-9)26-8(2)27/h3-7H,1-2H3,(H,25,28)(H,26,27)/t7-/m1/s1. The fraction of sp³-hybridized carbons (Fsp3) is 0.235. The minimum atomic E-state index is -5.03. The summed E-state index contributed by atoms with van der Waals surface area (Å²) in [5.74, 6) is -4.42. The average Bonchev–Trinajstić information content (AvgIpc) is 2.57. The lowest BCUT2D eigenvalue weighted by Crippen LogP contribution is -2.28. The molecule has 0 aliphatic rings. The predicted molar refractivity (Wildman–Crippen MR) is 93.5 cm³/mol. The van der Waals surface area contributed by atoms with E-state index in [-0.39, 0.29) is 5.56 Å². The Balaban J connectivity index is 2.41. The maximum atomic E-state index is 14.1. The molecule has 5 nitrogen and oxygen atoms in total. The second-order valence-corrected chi connectivity index (χ2v) is 6.71. The number of hydrogen-bond acceptors (Lipinski definition) is 3. The quantitative estimate of drug-likeness (QED) is 0.512. The van der Waals surface area contributed by atoms with Crippen molar-refractivity contribution in [3.05, 3.63) is 57.3 Å². The number of pyridine rings is 1. The first-order chi connectivity index (χ1) is 12.9. The molecule has 0 fully saturated rings. The van der Waals surface area contributed by atoms with Crippen molar-refractivity contribution < 1.29 is 31.5 Å². The fourth-order valence-electron chi connectivity index (χ4n) is 2.32. The van der Waals surface area contributed by atoms with E-state index in [4.69, 9.17) is 0 Å². The Morgan fingerprint density at radius 1 is 1.18 bits per heavy atom. The highest BCUT2D eigenvalue weighted by molar-refractivity contribution is 9.10. The molecule has 0 bridgehead atoms. The highest BCUT2D eigenvalue weighted by Gasteiger charge is 2.36. The van der Waals surface area contributed by atoms with Gasteiger partial charge < -0.3 is 10.6 Å². The van der Waals surface area contributed by atoms with Crippen molar-refractivity contribution >= 4 is 33.4 Å². The molecular weight excluding hydrogens is 453 g/mol.